The summed E-state index contributed by atoms with van der Waals surface area (Å²) in [7, 11) is 0. The number of pyridine rings is 1. The molecule has 3 rings (SSSR count). The molecule has 0 radical (unpaired) electrons. The van der Waals surface area contributed by atoms with Gasteiger partial charge in [0, 0.05) is 23.4 Å². The summed E-state index contributed by atoms with van der Waals surface area (Å²) in [5.41, 5.74) is 4.11. The van der Waals surface area contributed by atoms with Crippen LogP contribution in [0.3, 0.4) is 0 Å². The first-order valence-electron chi connectivity index (χ1n) is 8.48. The van der Waals surface area contributed by atoms with Crippen LogP contribution in [0.1, 0.15) is 55.0 Å². The van der Waals surface area contributed by atoms with Gasteiger partial charge in [0.15, 0.2) is 0 Å². The number of nitrogens with one attached hydrogen (secondary N) is 1. The molecule has 25 heavy (non-hydrogen) atoms. The third kappa shape index (κ3) is 4.46. The van der Waals surface area contributed by atoms with Gasteiger partial charge < -0.3 is 10.4 Å². The summed E-state index contributed by atoms with van der Waals surface area (Å²) in [6.45, 7) is 9.78. The van der Waals surface area contributed by atoms with Crippen LogP contribution < -0.4 is 5.32 Å². The molecule has 1 aliphatic heterocycles. The Labute approximate surface area is 149 Å². The molecule has 2 heterocycles. The standard InChI is InChI=1S/C19H18N2O2.C2H6/c1-12-16(7-6-15(21-12)8-9-19(2,3)23)13-4-5-14-11-20-18(22)17(14)10-13;1-2/h4-7,10,23H,11H2,1-3H3,(H,20,22);1-2H3. The van der Waals surface area contributed by atoms with Crippen LogP contribution in [0.15, 0.2) is 30.3 Å². The second kappa shape index (κ2) is 7.50. The zero-order valence-corrected chi connectivity index (χ0v) is 15.4. The molecule has 1 aromatic carbocycles. The Kier molecular flexibility index (Phi) is 5.61. The molecule has 0 atom stereocenters. The van der Waals surface area contributed by atoms with Gasteiger partial charge in [-0.2, -0.15) is 0 Å². The predicted molar refractivity (Wildman–Crippen MR) is 100 cm³/mol. The molecule has 1 aromatic heterocycles. The molecule has 4 heteroatoms. The zero-order valence-electron chi connectivity index (χ0n) is 15.4. The Bertz CT molecular complexity index is 852. The number of aryl methyl sites for hydroxylation is 1. The molecule has 0 bridgehead atoms. The molecular formula is C21H24N2O2. The molecule has 0 spiro atoms. The van der Waals surface area contributed by atoms with Crippen LogP contribution >= 0.6 is 0 Å². The van der Waals surface area contributed by atoms with Crippen LogP contribution in [0.2, 0.25) is 0 Å². The summed E-state index contributed by atoms with van der Waals surface area (Å²) in [6.07, 6.45) is 0. The highest BCUT2D eigenvalue weighted by Crippen LogP contribution is 2.27. The van der Waals surface area contributed by atoms with Crippen molar-refractivity contribution >= 4 is 5.91 Å². The maximum absolute atomic E-state index is 11.8. The highest BCUT2D eigenvalue weighted by atomic mass is 16.3. The minimum atomic E-state index is -1.04. The van der Waals surface area contributed by atoms with Gasteiger partial charge in [0.2, 0.25) is 0 Å². The van der Waals surface area contributed by atoms with Crippen LogP contribution in [0, 0.1) is 18.8 Å². The van der Waals surface area contributed by atoms with E-state index in [9.17, 15) is 9.90 Å². The van der Waals surface area contributed by atoms with Gasteiger partial charge in [0.25, 0.3) is 5.91 Å². The molecule has 0 saturated heterocycles. The van der Waals surface area contributed by atoms with E-state index in [0.717, 1.165) is 27.9 Å². The SMILES string of the molecule is CC.Cc1nc(C#CC(C)(C)O)ccc1-c1ccc2c(c1)C(=O)NC2. The average Bonchev–Trinajstić information content (AvgIpc) is 2.95. The molecule has 0 aliphatic carbocycles. The van der Waals surface area contributed by atoms with E-state index < -0.39 is 5.60 Å². The lowest BCUT2D eigenvalue weighted by atomic mass is 9.99. The second-order valence-electron chi connectivity index (χ2n) is 6.19. The highest BCUT2D eigenvalue weighted by molar-refractivity contribution is 5.99. The number of hydrogen-bond donors (Lipinski definition) is 2. The van der Waals surface area contributed by atoms with Crippen molar-refractivity contribution in [3.05, 3.63) is 52.8 Å². The number of carbonyl (C=O) groups excluding carboxylic acids is 1. The number of rotatable bonds is 1. The van der Waals surface area contributed by atoms with Gasteiger partial charge in [0.05, 0.1) is 0 Å². The maximum atomic E-state index is 11.8. The van der Waals surface area contributed by atoms with Crippen LogP contribution in [0.4, 0.5) is 0 Å². The van der Waals surface area contributed by atoms with E-state index in [2.05, 4.69) is 22.1 Å². The van der Waals surface area contributed by atoms with Crippen molar-refractivity contribution in [2.45, 2.75) is 46.8 Å². The van der Waals surface area contributed by atoms with Crippen LogP contribution in [0.5, 0.6) is 0 Å². The second-order valence-corrected chi connectivity index (χ2v) is 6.19. The number of nitrogens with zero attached hydrogens (tertiary/aromatic N) is 1. The van der Waals surface area contributed by atoms with Gasteiger partial charge >= 0.3 is 0 Å². The number of aromatic nitrogens is 1. The Morgan fingerprint density at radius 1 is 1.16 bits per heavy atom. The first kappa shape index (κ1) is 18.7. The number of aliphatic hydroxyl groups is 1. The van der Waals surface area contributed by atoms with E-state index in [1.54, 1.807) is 13.8 Å². The molecule has 0 saturated carbocycles. The third-order valence-corrected chi connectivity index (χ3v) is 3.69. The van der Waals surface area contributed by atoms with E-state index in [4.69, 9.17) is 0 Å². The normalized spacial score (nSPS) is 12.3. The van der Waals surface area contributed by atoms with Gasteiger partial charge in [-0.05, 0) is 56.0 Å². The number of fused-ring (bicyclic) bond motifs is 1. The van der Waals surface area contributed by atoms with Crippen LogP contribution in [-0.2, 0) is 6.54 Å². The third-order valence-electron chi connectivity index (χ3n) is 3.69. The van der Waals surface area contributed by atoms with Gasteiger partial charge in [-0.3, -0.25) is 4.79 Å². The monoisotopic (exact) mass is 336 g/mol. The predicted octanol–water partition coefficient (Wildman–Crippen LogP) is 3.45. The van der Waals surface area contributed by atoms with E-state index in [1.807, 2.05) is 51.1 Å². The minimum absolute atomic E-state index is 0.0277. The van der Waals surface area contributed by atoms with Gasteiger partial charge in [0.1, 0.15) is 11.3 Å². The van der Waals surface area contributed by atoms with Gasteiger partial charge in [-0.25, -0.2) is 4.98 Å². The summed E-state index contributed by atoms with van der Waals surface area (Å²) in [5.74, 6) is 5.60. The molecule has 2 N–H and O–H groups in total. The molecule has 0 fully saturated rings. The van der Waals surface area contributed by atoms with E-state index >= 15 is 0 Å². The topological polar surface area (TPSA) is 62.2 Å². The Hall–Kier alpha value is -2.64. The molecule has 2 aromatic rings. The summed E-state index contributed by atoms with van der Waals surface area (Å²) in [4.78, 5) is 16.3. The number of hydrogen-bond acceptors (Lipinski definition) is 3. The molecule has 0 unspecified atom stereocenters. The van der Waals surface area contributed by atoms with Crippen molar-refractivity contribution in [3.63, 3.8) is 0 Å². The average molecular weight is 336 g/mol. The lowest BCUT2D eigenvalue weighted by Gasteiger charge is -2.08. The molecule has 1 amide bonds. The first-order valence-corrected chi connectivity index (χ1v) is 8.48. The van der Waals surface area contributed by atoms with Crippen molar-refractivity contribution in [2.24, 2.45) is 0 Å². The Morgan fingerprint density at radius 3 is 2.52 bits per heavy atom. The fraction of sp³-hybridized carbons (Fsp3) is 0.333. The van der Waals surface area contributed by atoms with E-state index in [0.29, 0.717) is 12.2 Å². The van der Waals surface area contributed by atoms with E-state index in [1.165, 1.54) is 0 Å². The Morgan fingerprint density at radius 2 is 1.88 bits per heavy atom. The Balaban J connectivity index is 0.00000109. The summed E-state index contributed by atoms with van der Waals surface area (Å²) in [5, 5.41) is 12.5. The molecule has 1 aliphatic rings. The van der Waals surface area contributed by atoms with Crippen molar-refractivity contribution in [2.75, 3.05) is 0 Å². The highest BCUT2D eigenvalue weighted by Gasteiger charge is 2.19. The quantitative estimate of drug-likeness (QED) is 0.784. The summed E-state index contributed by atoms with van der Waals surface area (Å²) < 4.78 is 0. The largest absolute Gasteiger partial charge is 0.378 e. The number of amides is 1. The van der Waals surface area contributed by atoms with Crippen LogP contribution in [-0.4, -0.2) is 21.6 Å². The molecule has 4 nitrogen and oxygen atoms in total. The van der Waals surface area contributed by atoms with E-state index in [-0.39, 0.29) is 5.91 Å². The van der Waals surface area contributed by atoms with Crippen molar-refractivity contribution in [3.8, 4) is 23.0 Å². The summed E-state index contributed by atoms with van der Waals surface area (Å²) in [6, 6.07) is 9.67. The van der Waals surface area contributed by atoms with Gasteiger partial charge in [-0.1, -0.05) is 31.9 Å². The molecular weight excluding hydrogens is 312 g/mol. The van der Waals surface area contributed by atoms with Crippen molar-refractivity contribution < 1.29 is 9.90 Å². The zero-order chi connectivity index (χ0) is 18.6. The van der Waals surface area contributed by atoms with Gasteiger partial charge in [-0.15, -0.1) is 0 Å². The number of benzene rings is 1. The van der Waals surface area contributed by atoms with Crippen molar-refractivity contribution in [1.82, 2.24) is 10.3 Å². The fourth-order valence-corrected chi connectivity index (χ4v) is 2.53. The maximum Gasteiger partial charge on any atom is 0.251 e. The lowest BCUT2D eigenvalue weighted by molar-refractivity contribution is 0.0965. The minimum Gasteiger partial charge on any atom is -0.378 e. The summed E-state index contributed by atoms with van der Waals surface area (Å²) >= 11 is 0. The first-order chi connectivity index (χ1) is 11.8. The smallest absolute Gasteiger partial charge is 0.251 e. The molecule has 130 valence electrons. The lowest BCUT2D eigenvalue weighted by Crippen LogP contribution is -2.14. The van der Waals surface area contributed by atoms with Crippen molar-refractivity contribution in [1.29, 1.82) is 0 Å². The van der Waals surface area contributed by atoms with Crippen LogP contribution in [0.25, 0.3) is 11.1 Å². The number of carbonyl (C=O) groups is 1. The fourth-order valence-electron chi connectivity index (χ4n) is 2.53.